The summed E-state index contributed by atoms with van der Waals surface area (Å²) in [4.78, 5) is 17.6. The number of β-lactam (4-membered cyclic amide) rings is 1. The fraction of sp³-hybridized carbons (Fsp3) is 0.457. The first kappa shape index (κ1) is 30.3. The van der Waals surface area contributed by atoms with Crippen molar-refractivity contribution in [3.63, 3.8) is 0 Å². The Hall–Kier alpha value is -3.69. The van der Waals surface area contributed by atoms with E-state index in [1.807, 2.05) is 49.1 Å². The quantitative estimate of drug-likeness (QED) is 0.231. The predicted octanol–water partition coefficient (Wildman–Crippen LogP) is 7.04. The van der Waals surface area contributed by atoms with Crippen molar-refractivity contribution in [1.82, 2.24) is 0 Å². The summed E-state index contributed by atoms with van der Waals surface area (Å²) in [5.74, 6) is -0.333. The average molecular weight is 607 g/mol. The van der Waals surface area contributed by atoms with Gasteiger partial charge in [0.15, 0.2) is 17.9 Å². The zero-order chi connectivity index (χ0) is 30.8. The van der Waals surface area contributed by atoms with Crippen molar-refractivity contribution in [1.29, 1.82) is 0 Å². The van der Waals surface area contributed by atoms with Crippen LogP contribution in [0.15, 0.2) is 60.7 Å². The molecule has 3 aliphatic heterocycles. The molecule has 3 aromatic carbocycles. The number of para-hydroxylation sites is 1. The van der Waals surface area contributed by atoms with E-state index in [9.17, 15) is 4.79 Å². The van der Waals surface area contributed by atoms with Gasteiger partial charge in [0.2, 0.25) is 5.91 Å². The van der Waals surface area contributed by atoms with Crippen molar-refractivity contribution in [2.24, 2.45) is 11.3 Å². The monoisotopic (exact) mass is 606 g/mol. The van der Waals surface area contributed by atoms with Crippen molar-refractivity contribution in [3.05, 3.63) is 83.4 Å². The molecule has 3 saturated heterocycles. The summed E-state index contributed by atoms with van der Waals surface area (Å²) in [7, 11) is 1.56. The summed E-state index contributed by atoms with van der Waals surface area (Å²) in [5.41, 5.74) is 1.41. The Labute approximate surface area is 257 Å². The van der Waals surface area contributed by atoms with Crippen molar-refractivity contribution in [2.45, 2.75) is 58.5 Å². The van der Waals surface area contributed by atoms with Crippen LogP contribution in [-0.2, 0) is 20.9 Å². The zero-order valence-corrected chi connectivity index (χ0v) is 25.6. The number of ether oxygens (including phenoxy) is 4. The third kappa shape index (κ3) is 5.30. The van der Waals surface area contributed by atoms with E-state index < -0.39 is 17.3 Å². The summed E-state index contributed by atoms with van der Waals surface area (Å²) in [5, 5.41) is 0. The van der Waals surface area contributed by atoms with Crippen LogP contribution in [0.4, 0.5) is 20.2 Å². The third-order valence-electron chi connectivity index (χ3n) is 9.63. The van der Waals surface area contributed by atoms with Crippen LogP contribution >= 0.6 is 0 Å². The van der Waals surface area contributed by atoms with Gasteiger partial charge < -0.3 is 23.8 Å². The normalized spacial score (nSPS) is 20.6. The van der Waals surface area contributed by atoms with Crippen LogP contribution in [-0.4, -0.2) is 45.6 Å². The second kappa shape index (κ2) is 12.7. The fourth-order valence-corrected chi connectivity index (χ4v) is 7.09. The molecule has 7 nitrogen and oxygen atoms in total. The number of carbonyl (C=O) groups is 1. The molecule has 0 saturated carbocycles. The van der Waals surface area contributed by atoms with Gasteiger partial charge in [0.1, 0.15) is 18.2 Å². The van der Waals surface area contributed by atoms with Gasteiger partial charge in [-0.3, -0.25) is 9.69 Å². The van der Waals surface area contributed by atoms with Crippen LogP contribution in [0.2, 0.25) is 0 Å². The number of amides is 1. The molecular weight excluding hydrogens is 566 g/mol. The Morgan fingerprint density at radius 2 is 1.61 bits per heavy atom. The smallest absolute Gasteiger partial charge is 0.236 e. The van der Waals surface area contributed by atoms with Crippen LogP contribution in [0.5, 0.6) is 11.5 Å². The molecule has 9 heteroatoms. The number of halogens is 2. The highest BCUT2D eigenvalue weighted by molar-refractivity contribution is 6.07. The molecule has 0 bridgehead atoms. The largest absolute Gasteiger partial charge is 0.496 e. The number of benzene rings is 3. The first-order valence-electron chi connectivity index (χ1n) is 15.6. The highest BCUT2D eigenvalue weighted by Gasteiger charge is 2.61. The van der Waals surface area contributed by atoms with Gasteiger partial charge in [-0.1, -0.05) is 50.2 Å². The van der Waals surface area contributed by atoms with Crippen LogP contribution in [0.1, 0.15) is 56.7 Å². The number of hydrogen-bond donors (Lipinski definition) is 0. The minimum absolute atomic E-state index is 0.00957. The lowest BCUT2D eigenvalue weighted by Crippen LogP contribution is -2.63. The standard InChI is InChI=1S/C35H40F2N2O5/c1-4-35(5-2)32(39(34(35)40)28-13-9-12-26(36)31(28)44-22-23-10-7-6-8-11-23)25-20-27(37)29(21-30(25)41-3)38-16-14-24(15-17-38)33-42-18-19-43-33/h6-13,20-21,24,32-33H,4-5,14-19,22H2,1-3H3/t32-/m0/s1. The van der Waals surface area contributed by atoms with Crippen LogP contribution in [0.3, 0.4) is 0 Å². The minimum atomic E-state index is -0.802. The molecule has 6 rings (SSSR count). The molecular formula is C35H40F2N2O5. The molecule has 3 aromatic rings. The number of carbonyl (C=O) groups excluding carboxylic acids is 1. The first-order chi connectivity index (χ1) is 21.4. The second-order valence-electron chi connectivity index (χ2n) is 11.8. The van der Waals surface area contributed by atoms with E-state index in [-0.39, 0.29) is 36.3 Å². The fourth-order valence-electron chi connectivity index (χ4n) is 7.09. The van der Waals surface area contributed by atoms with Gasteiger partial charge in [0, 0.05) is 30.6 Å². The SMILES string of the molecule is CCC1(CC)C(=O)N(c2cccc(F)c2OCc2ccccc2)[C@H]1c1cc(F)c(N2CCC(C3OCCO3)CC2)cc1OC. The molecule has 1 atom stereocenters. The van der Waals surface area contributed by atoms with Gasteiger partial charge in [0.05, 0.1) is 43.2 Å². The van der Waals surface area contributed by atoms with E-state index >= 15 is 8.78 Å². The summed E-state index contributed by atoms with van der Waals surface area (Å²) in [6.45, 7) is 6.63. The number of piperidine rings is 1. The van der Waals surface area contributed by atoms with Crippen LogP contribution in [0.25, 0.3) is 0 Å². The highest BCUT2D eigenvalue weighted by Crippen LogP contribution is 2.59. The number of hydrogen-bond acceptors (Lipinski definition) is 6. The van der Waals surface area contributed by atoms with Crippen molar-refractivity contribution in [2.75, 3.05) is 43.2 Å². The molecule has 0 spiro atoms. The molecule has 0 aliphatic carbocycles. The summed E-state index contributed by atoms with van der Waals surface area (Å²) >= 11 is 0. The number of anilines is 2. The summed E-state index contributed by atoms with van der Waals surface area (Å²) < 4.78 is 54.7. The maximum absolute atomic E-state index is 16.1. The van der Waals surface area contributed by atoms with Crippen molar-refractivity contribution in [3.8, 4) is 11.5 Å². The van der Waals surface area contributed by atoms with E-state index in [1.54, 1.807) is 30.2 Å². The maximum Gasteiger partial charge on any atom is 0.236 e. The first-order valence-corrected chi connectivity index (χ1v) is 15.6. The van der Waals surface area contributed by atoms with E-state index in [0.29, 0.717) is 61.8 Å². The molecule has 0 aromatic heterocycles. The Morgan fingerprint density at radius 1 is 0.909 bits per heavy atom. The molecule has 3 fully saturated rings. The topological polar surface area (TPSA) is 60.5 Å². The van der Waals surface area contributed by atoms with Gasteiger partial charge in [-0.05, 0) is 49.4 Å². The van der Waals surface area contributed by atoms with Gasteiger partial charge in [0.25, 0.3) is 0 Å². The lowest BCUT2D eigenvalue weighted by atomic mass is 9.64. The Morgan fingerprint density at radius 3 is 2.27 bits per heavy atom. The molecule has 3 aliphatic rings. The van der Waals surface area contributed by atoms with E-state index in [2.05, 4.69) is 0 Å². The average Bonchev–Trinajstić information content (AvgIpc) is 3.60. The lowest BCUT2D eigenvalue weighted by molar-refractivity contribution is -0.141. The van der Waals surface area contributed by atoms with Gasteiger partial charge >= 0.3 is 0 Å². The Bertz CT molecular complexity index is 1470. The van der Waals surface area contributed by atoms with Crippen LogP contribution in [0, 0.1) is 23.0 Å². The molecule has 234 valence electrons. The van der Waals surface area contributed by atoms with Gasteiger partial charge in [-0.15, -0.1) is 0 Å². The maximum atomic E-state index is 16.1. The van der Waals surface area contributed by atoms with E-state index in [4.69, 9.17) is 18.9 Å². The Kier molecular flexibility index (Phi) is 8.78. The predicted molar refractivity (Wildman–Crippen MR) is 164 cm³/mol. The van der Waals surface area contributed by atoms with E-state index in [1.165, 1.54) is 12.1 Å². The van der Waals surface area contributed by atoms with Crippen LogP contribution < -0.4 is 19.3 Å². The number of nitrogens with zero attached hydrogens (tertiary/aromatic N) is 2. The van der Waals surface area contributed by atoms with Gasteiger partial charge in [-0.25, -0.2) is 8.78 Å². The van der Waals surface area contributed by atoms with Gasteiger partial charge in [-0.2, -0.15) is 0 Å². The third-order valence-corrected chi connectivity index (χ3v) is 9.63. The molecule has 0 radical (unpaired) electrons. The molecule has 3 heterocycles. The van der Waals surface area contributed by atoms with Crippen molar-refractivity contribution >= 4 is 17.3 Å². The van der Waals surface area contributed by atoms with Crippen molar-refractivity contribution < 1.29 is 32.5 Å². The number of rotatable bonds is 10. The molecule has 44 heavy (non-hydrogen) atoms. The number of methoxy groups -OCH3 is 1. The minimum Gasteiger partial charge on any atom is -0.496 e. The second-order valence-corrected chi connectivity index (χ2v) is 11.8. The molecule has 1 amide bonds. The lowest BCUT2D eigenvalue weighted by Gasteiger charge is -2.56. The molecule has 0 N–H and O–H groups in total. The molecule has 0 unspecified atom stereocenters. The zero-order valence-electron chi connectivity index (χ0n) is 25.6. The summed E-state index contributed by atoms with van der Waals surface area (Å²) in [6.07, 6.45) is 2.55. The summed E-state index contributed by atoms with van der Waals surface area (Å²) in [6, 6.07) is 16.7. The van der Waals surface area contributed by atoms with E-state index in [0.717, 1.165) is 18.4 Å². The Balaban J connectivity index is 1.33. The highest BCUT2D eigenvalue weighted by atomic mass is 19.1.